The van der Waals surface area contributed by atoms with Gasteiger partial charge in [-0.3, -0.25) is 4.79 Å². The fraction of sp³-hybridized carbons (Fsp3) is 0.417. The van der Waals surface area contributed by atoms with Crippen molar-refractivity contribution in [2.75, 3.05) is 6.61 Å². The molecule has 0 aromatic heterocycles. The molecule has 0 fully saturated rings. The van der Waals surface area contributed by atoms with E-state index in [4.69, 9.17) is 4.74 Å². The number of Topliss-reactive ketones (excluding diaryl/α,β-unsaturated/α-hetero) is 1. The van der Waals surface area contributed by atoms with Crippen LogP contribution in [0.2, 0.25) is 0 Å². The van der Waals surface area contributed by atoms with Gasteiger partial charge in [-0.05, 0) is 26.8 Å². The first kappa shape index (κ1) is 10.8. The van der Waals surface area contributed by atoms with Gasteiger partial charge in [-0.25, -0.2) is 0 Å². The Morgan fingerprint density at radius 3 is 2.71 bits per heavy atom. The van der Waals surface area contributed by atoms with Crippen LogP contribution in [0.5, 0.6) is 5.75 Å². The van der Waals surface area contributed by atoms with Gasteiger partial charge in [0.25, 0.3) is 0 Å². The van der Waals surface area contributed by atoms with Crippen LogP contribution in [-0.2, 0) is 11.2 Å². The molecule has 0 amide bonds. The zero-order valence-electron chi connectivity index (χ0n) is 8.96. The number of carbonyl (C=O) groups is 1. The number of aryl methyl sites for hydroxylation is 1. The number of rotatable bonds is 4. The Labute approximate surface area is 84.9 Å². The van der Waals surface area contributed by atoms with Crippen LogP contribution in [0.4, 0.5) is 0 Å². The van der Waals surface area contributed by atoms with Crippen LogP contribution in [0, 0.1) is 6.92 Å². The average molecular weight is 192 g/mol. The summed E-state index contributed by atoms with van der Waals surface area (Å²) in [4.78, 5) is 11.0. The number of carbonyl (C=O) groups excluding carboxylic acids is 1. The lowest BCUT2D eigenvalue weighted by atomic mass is 10.1. The summed E-state index contributed by atoms with van der Waals surface area (Å²) >= 11 is 0. The van der Waals surface area contributed by atoms with Crippen molar-refractivity contribution >= 4 is 5.78 Å². The minimum absolute atomic E-state index is 0.163. The van der Waals surface area contributed by atoms with E-state index in [0.717, 1.165) is 16.9 Å². The molecular formula is C12H16O2. The normalized spacial score (nSPS) is 9.93. The van der Waals surface area contributed by atoms with Gasteiger partial charge in [-0.1, -0.05) is 17.7 Å². The molecule has 0 unspecified atom stereocenters. The SMILES string of the molecule is CCOc1ccc(C)cc1CC(C)=O. The Hall–Kier alpha value is -1.31. The first-order chi connectivity index (χ1) is 6.63. The van der Waals surface area contributed by atoms with Crippen LogP contribution in [0.15, 0.2) is 18.2 Å². The Balaban J connectivity index is 2.96. The zero-order chi connectivity index (χ0) is 10.6. The summed E-state index contributed by atoms with van der Waals surface area (Å²) in [5.74, 6) is 0.991. The third-order valence-corrected chi connectivity index (χ3v) is 1.96. The van der Waals surface area contributed by atoms with E-state index < -0.39 is 0 Å². The predicted octanol–water partition coefficient (Wildman–Crippen LogP) is 2.53. The van der Waals surface area contributed by atoms with Crippen LogP contribution >= 0.6 is 0 Å². The average Bonchev–Trinajstić information content (AvgIpc) is 2.09. The number of hydrogen-bond donors (Lipinski definition) is 0. The van der Waals surface area contributed by atoms with Gasteiger partial charge in [0, 0.05) is 12.0 Å². The van der Waals surface area contributed by atoms with Gasteiger partial charge in [0.05, 0.1) is 6.61 Å². The number of ether oxygens (including phenoxy) is 1. The lowest BCUT2D eigenvalue weighted by Gasteiger charge is -2.09. The maximum Gasteiger partial charge on any atom is 0.134 e. The van der Waals surface area contributed by atoms with Gasteiger partial charge in [0.2, 0.25) is 0 Å². The van der Waals surface area contributed by atoms with E-state index in [1.807, 2.05) is 32.0 Å². The first-order valence-electron chi connectivity index (χ1n) is 4.85. The van der Waals surface area contributed by atoms with E-state index in [2.05, 4.69) is 0 Å². The molecule has 0 saturated carbocycles. The lowest BCUT2D eigenvalue weighted by Crippen LogP contribution is -2.01. The molecule has 1 rings (SSSR count). The standard InChI is InChI=1S/C12H16O2/c1-4-14-12-6-5-9(2)7-11(12)8-10(3)13/h5-7H,4,8H2,1-3H3. The molecular weight excluding hydrogens is 176 g/mol. The van der Waals surface area contributed by atoms with Crippen LogP contribution in [0.25, 0.3) is 0 Å². The van der Waals surface area contributed by atoms with Crippen LogP contribution in [0.3, 0.4) is 0 Å². The lowest BCUT2D eigenvalue weighted by molar-refractivity contribution is -0.116. The monoisotopic (exact) mass is 192 g/mol. The molecule has 0 N–H and O–H groups in total. The zero-order valence-corrected chi connectivity index (χ0v) is 8.96. The third kappa shape index (κ3) is 2.87. The van der Waals surface area contributed by atoms with E-state index in [1.54, 1.807) is 6.92 Å². The van der Waals surface area contributed by atoms with Gasteiger partial charge >= 0.3 is 0 Å². The highest BCUT2D eigenvalue weighted by atomic mass is 16.5. The Bertz CT molecular complexity index is 329. The van der Waals surface area contributed by atoms with Crippen LogP contribution < -0.4 is 4.74 Å². The molecule has 0 saturated heterocycles. The minimum atomic E-state index is 0.163. The maximum atomic E-state index is 11.0. The highest BCUT2D eigenvalue weighted by Gasteiger charge is 2.05. The van der Waals surface area contributed by atoms with Crippen molar-refractivity contribution in [1.29, 1.82) is 0 Å². The highest BCUT2D eigenvalue weighted by Crippen LogP contribution is 2.20. The second-order valence-electron chi connectivity index (χ2n) is 3.42. The largest absolute Gasteiger partial charge is 0.494 e. The molecule has 76 valence electrons. The molecule has 0 atom stereocenters. The predicted molar refractivity (Wildman–Crippen MR) is 56.7 cm³/mol. The molecule has 14 heavy (non-hydrogen) atoms. The van der Waals surface area contributed by atoms with Gasteiger partial charge in [-0.2, -0.15) is 0 Å². The van der Waals surface area contributed by atoms with Gasteiger partial charge < -0.3 is 4.74 Å². The Morgan fingerprint density at radius 1 is 1.43 bits per heavy atom. The summed E-state index contributed by atoms with van der Waals surface area (Å²) in [5, 5.41) is 0. The highest BCUT2D eigenvalue weighted by molar-refractivity contribution is 5.79. The van der Waals surface area contributed by atoms with Gasteiger partial charge in [-0.15, -0.1) is 0 Å². The number of hydrogen-bond acceptors (Lipinski definition) is 2. The van der Waals surface area contributed by atoms with Crippen molar-refractivity contribution in [3.63, 3.8) is 0 Å². The van der Waals surface area contributed by atoms with Crippen molar-refractivity contribution in [2.45, 2.75) is 27.2 Å². The summed E-state index contributed by atoms with van der Waals surface area (Å²) in [5.41, 5.74) is 2.14. The second kappa shape index (κ2) is 4.80. The molecule has 1 aromatic carbocycles. The number of benzene rings is 1. The fourth-order valence-electron chi connectivity index (χ4n) is 1.41. The van der Waals surface area contributed by atoms with E-state index in [0.29, 0.717) is 13.0 Å². The van der Waals surface area contributed by atoms with Crippen molar-refractivity contribution < 1.29 is 9.53 Å². The van der Waals surface area contributed by atoms with E-state index in [1.165, 1.54) is 0 Å². The second-order valence-corrected chi connectivity index (χ2v) is 3.42. The molecule has 0 heterocycles. The summed E-state index contributed by atoms with van der Waals surface area (Å²) < 4.78 is 5.44. The fourth-order valence-corrected chi connectivity index (χ4v) is 1.41. The van der Waals surface area contributed by atoms with Crippen LogP contribution in [-0.4, -0.2) is 12.4 Å². The van der Waals surface area contributed by atoms with Gasteiger partial charge in [0.1, 0.15) is 11.5 Å². The van der Waals surface area contributed by atoms with Crippen LogP contribution in [0.1, 0.15) is 25.0 Å². The Kier molecular flexibility index (Phi) is 3.69. The molecule has 2 nitrogen and oxygen atoms in total. The number of ketones is 1. The summed E-state index contributed by atoms with van der Waals surface area (Å²) in [6.07, 6.45) is 0.455. The molecule has 2 heteroatoms. The van der Waals surface area contributed by atoms with Crippen molar-refractivity contribution in [1.82, 2.24) is 0 Å². The van der Waals surface area contributed by atoms with E-state index in [9.17, 15) is 4.79 Å². The van der Waals surface area contributed by atoms with Crippen molar-refractivity contribution in [2.24, 2.45) is 0 Å². The molecule has 0 aliphatic heterocycles. The summed E-state index contributed by atoms with van der Waals surface area (Å²) in [6.45, 7) is 6.18. The molecule has 0 spiro atoms. The maximum absolute atomic E-state index is 11.0. The van der Waals surface area contributed by atoms with Crippen molar-refractivity contribution in [3.8, 4) is 5.75 Å². The minimum Gasteiger partial charge on any atom is -0.494 e. The van der Waals surface area contributed by atoms with Gasteiger partial charge in [0.15, 0.2) is 0 Å². The third-order valence-electron chi connectivity index (χ3n) is 1.96. The molecule has 0 aliphatic rings. The summed E-state index contributed by atoms with van der Waals surface area (Å²) in [6, 6.07) is 5.93. The molecule has 1 aromatic rings. The van der Waals surface area contributed by atoms with E-state index >= 15 is 0 Å². The molecule has 0 aliphatic carbocycles. The summed E-state index contributed by atoms with van der Waals surface area (Å²) in [7, 11) is 0. The van der Waals surface area contributed by atoms with E-state index in [-0.39, 0.29) is 5.78 Å². The Morgan fingerprint density at radius 2 is 2.14 bits per heavy atom. The quantitative estimate of drug-likeness (QED) is 0.732. The smallest absolute Gasteiger partial charge is 0.134 e. The first-order valence-corrected chi connectivity index (χ1v) is 4.85. The van der Waals surface area contributed by atoms with Crippen molar-refractivity contribution in [3.05, 3.63) is 29.3 Å². The topological polar surface area (TPSA) is 26.3 Å². The molecule has 0 bridgehead atoms. The molecule has 0 radical (unpaired) electrons.